The Labute approximate surface area is 214 Å². The number of morpholine rings is 1. The lowest BCUT2D eigenvalue weighted by Crippen LogP contribution is -2.45. The molecular weight excluding hydrogens is 487 g/mol. The summed E-state index contributed by atoms with van der Waals surface area (Å²) in [5.41, 5.74) is 2.25. The molecule has 0 aromatic heterocycles. The van der Waals surface area contributed by atoms with Gasteiger partial charge in [0.25, 0.3) is 0 Å². The minimum atomic E-state index is -4.43. The SMILES string of the molecule is COC(=O)C[C@@H]1COc2cc(O[C@@H]3CCc4c3ccc(C(F)(F)F)c4CN3CC(C)O[C@@H](C)C3)ccc21. The number of benzene rings is 2. The fourth-order valence-electron chi connectivity index (χ4n) is 5.89. The molecular formula is C28H32F3NO5. The number of halogens is 3. The molecule has 0 N–H and O–H groups in total. The van der Waals surface area contributed by atoms with Gasteiger partial charge >= 0.3 is 12.1 Å². The third kappa shape index (κ3) is 5.43. The van der Waals surface area contributed by atoms with E-state index in [4.69, 9.17) is 18.9 Å². The molecule has 5 rings (SSSR count). The number of carbonyl (C=O) groups excluding carboxylic acids is 1. The maximum absolute atomic E-state index is 14.0. The molecule has 1 fully saturated rings. The normalized spacial score (nSPS) is 25.4. The molecule has 2 aromatic carbocycles. The van der Waals surface area contributed by atoms with E-state index in [-0.39, 0.29) is 43.2 Å². The van der Waals surface area contributed by atoms with Gasteiger partial charge in [0.1, 0.15) is 17.6 Å². The molecule has 1 saturated heterocycles. The minimum Gasteiger partial charge on any atom is -0.492 e. The molecule has 1 unspecified atom stereocenters. The van der Waals surface area contributed by atoms with Crippen molar-refractivity contribution in [3.63, 3.8) is 0 Å². The highest BCUT2D eigenvalue weighted by Crippen LogP contribution is 2.44. The summed E-state index contributed by atoms with van der Waals surface area (Å²) in [6.07, 6.45) is -3.46. The van der Waals surface area contributed by atoms with Gasteiger partial charge in [-0.3, -0.25) is 9.69 Å². The highest BCUT2D eigenvalue weighted by atomic mass is 19.4. The Balaban J connectivity index is 1.38. The number of methoxy groups -OCH3 is 1. The van der Waals surface area contributed by atoms with Crippen molar-refractivity contribution in [2.24, 2.45) is 0 Å². The second kappa shape index (κ2) is 10.2. The summed E-state index contributed by atoms with van der Waals surface area (Å²) in [4.78, 5) is 13.7. The lowest BCUT2D eigenvalue weighted by Gasteiger charge is -2.36. The summed E-state index contributed by atoms with van der Waals surface area (Å²) in [5.74, 6) is 0.887. The van der Waals surface area contributed by atoms with Crippen LogP contribution in [0.5, 0.6) is 11.5 Å². The number of rotatable bonds is 6. The van der Waals surface area contributed by atoms with E-state index in [9.17, 15) is 18.0 Å². The second-order valence-corrected chi connectivity index (χ2v) is 10.2. The van der Waals surface area contributed by atoms with E-state index in [1.54, 1.807) is 12.1 Å². The maximum Gasteiger partial charge on any atom is 0.416 e. The highest BCUT2D eigenvalue weighted by molar-refractivity contribution is 5.71. The van der Waals surface area contributed by atoms with Gasteiger partial charge in [0.15, 0.2) is 0 Å². The number of ether oxygens (including phenoxy) is 4. The number of alkyl halides is 3. The molecule has 1 aliphatic carbocycles. The van der Waals surface area contributed by atoms with Crippen molar-refractivity contribution in [3.8, 4) is 11.5 Å². The fourth-order valence-corrected chi connectivity index (χ4v) is 5.89. The summed E-state index contributed by atoms with van der Waals surface area (Å²) < 4.78 is 64.6. The van der Waals surface area contributed by atoms with Gasteiger partial charge in [-0.15, -0.1) is 0 Å². The number of fused-ring (bicyclic) bond motifs is 2. The van der Waals surface area contributed by atoms with Crippen molar-refractivity contribution in [1.82, 2.24) is 4.90 Å². The molecule has 2 heterocycles. The molecule has 9 heteroatoms. The van der Waals surface area contributed by atoms with E-state index in [0.717, 1.165) is 16.7 Å². The molecule has 2 aromatic rings. The molecule has 0 saturated carbocycles. The third-order valence-corrected chi connectivity index (χ3v) is 7.44. The largest absolute Gasteiger partial charge is 0.492 e. The summed E-state index contributed by atoms with van der Waals surface area (Å²) >= 11 is 0. The van der Waals surface area contributed by atoms with Gasteiger partial charge in [-0.2, -0.15) is 13.2 Å². The van der Waals surface area contributed by atoms with E-state index in [1.807, 2.05) is 26.0 Å². The average Bonchev–Trinajstić information content (AvgIpc) is 3.42. The van der Waals surface area contributed by atoms with Crippen LogP contribution in [0.4, 0.5) is 13.2 Å². The van der Waals surface area contributed by atoms with Gasteiger partial charge < -0.3 is 18.9 Å². The van der Waals surface area contributed by atoms with E-state index >= 15 is 0 Å². The summed E-state index contributed by atoms with van der Waals surface area (Å²) in [6.45, 7) is 5.71. The van der Waals surface area contributed by atoms with Crippen molar-refractivity contribution in [3.05, 3.63) is 58.1 Å². The Bertz CT molecular complexity index is 1160. The highest BCUT2D eigenvalue weighted by Gasteiger charge is 2.38. The third-order valence-electron chi connectivity index (χ3n) is 7.44. The Morgan fingerprint density at radius 3 is 2.54 bits per heavy atom. The number of carbonyl (C=O) groups is 1. The van der Waals surface area contributed by atoms with Gasteiger partial charge in [-0.1, -0.05) is 12.1 Å². The molecule has 3 aliphatic rings. The first-order valence-corrected chi connectivity index (χ1v) is 12.7. The number of hydrogen-bond acceptors (Lipinski definition) is 6. The Morgan fingerprint density at radius 2 is 1.84 bits per heavy atom. The molecule has 0 bridgehead atoms. The molecule has 0 radical (unpaired) electrons. The quantitative estimate of drug-likeness (QED) is 0.475. The first kappa shape index (κ1) is 25.9. The van der Waals surface area contributed by atoms with Crippen LogP contribution in [-0.2, 0) is 33.4 Å². The van der Waals surface area contributed by atoms with Crippen molar-refractivity contribution in [2.45, 2.75) is 70.1 Å². The lowest BCUT2D eigenvalue weighted by molar-refractivity contribution is -0.141. The van der Waals surface area contributed by atoms with Gasteiger partial charge in [-0.05, 0) is 55.5 Å². The lowest BCUT2D eigenvalue weighted by atomic mass is 9.95. The molecule has 4 atom stereocenters. The van der Waals surface area contributed by atoms with Gasteiger partial charge in [0.2, 0.25) is 0 Å². The van der Waals surface area contributed by atoms with E-state index in [1.165, 1.54) is 13.2 Å². The molecule has 0 spiro atoms. The Hall–Kier alpha value is -2.78. The smallest absolute Gasteiger partial charge is 0.416 e. The molecule has 6 nitrogen and oxygen atoms in total. The van der Waals surface area contributed by atoms with Crippen LogP contribution in [0.15, 0.2) is 30.3 Å². The van der Waals surface area contributed by atoms with E-state index < -0.39 is 11.7 Å². The first-order chi connectivity index (χ1) is 17.6. The van der Waals surface area contributed by atoms with Crippen LogP contribution in [-0.4, -0.2) is 49.9 Å². The van der Waals surface area contributed by atoms with Crippen molar-refractivity contribution in [1.29, 1.82) is 0 Å². The van der Waals surface area contributed by atoms with Gasteiger partial charge in [-0.25, -0.2) is 0 Å². The fraction of sp³-hybridized carbons (Fsp3) is 0.536. The van der Waals surface area contributed by atoms with E-state index in [0.29, 0.717) is 49.6 Å². The average molecular weight is 520 g/mol. The van der Waals surface area contributed by atoms with Gasteiger partial charge in [0.05, 0.1) is 37.9 Å². The monoisotopic (exact) mass is 519 g/mol. The summed E-state index contributed by atoms with van der Waals surface area (Å²) in [5, 5.41) is 0. The molecule has 0 amide bonds. The van der Waals surface area contributed by atoms with Crippen molar-refractivity contribution >= 4 is 5.97 Å². The van der Waals surface area contributed by atoms with Crippen molar-refractivity contribution < 1.29 is 36.9 Å². The van der Waals surface area contributed by atoms with Crippen LogP contribution in [0, 0.1) is 0 Å². The number of nitrogens with zero attached hydrogens (tertiary/aromatic N) is 1. The van der Waals surface area contributed by atoms with Crippen LogP contribution in [0.3, 0.4) is 0 Å². The summed E-state index contributed by atoms with van der Waals surface area (Å²) in [6, 6.07) is 8.29. The predicted octanol–water partition coefficient (Wildman–Crippen LogP) is 5.42. The zero-order valence-electron chi connectivity index (χ0n) is 21.3. The minimum absolute atomic E-state index is 0.0276. The first-order valence-electron chi connectivity index (χ1n) is 12.7. The van der Waals surface area contributed by atoms with Gasteiger partial charge in [0, 0.05) is 37.2 Å². The Morgan fingerprint density at radius 1 is 1.11 bits per heavy atom. The zero-order valence-corrected chi connectivity index (χ0v) is 21.3. The second-order valence-electron chi connectivity index (χ2n) is 10.2. The maximum atomic E-state index is 14.0. The molecule has 37 heavy (non-hydrogen) atoms. The van der Waals surface area contributed by atoms with Crippen molar-refractivity contribution in [2.75, 3.05) is 26.8 Å². The zero-order chi connectivity index (χ0) is 26.3. The molecule has 2 aliphatic heterocycles. The van der Waals surface area contributed by atoms with Crippen LogP contribution in [0.1, 0.15) is 66.5 Å². The van der Waals surface area contributed by atoms with Crippen LogP contribution in [0.2, 0.25) is 0 Å². The van der Waals surface area contributed by atoms with Crippen LogP contribution < -0.4 is 9.47 Å². The standard InChI is InChI=1S/C28H32F3NO5/c1-16-12-32(13-17(2)36-16)14-23-21-7-9-25(22(21)6-8-24(23)28(29,30)31)37-19-4-5-20-18(10-27(33)34-3)15-35-26(20)11-19/h4-6,8,11,16-18,25H,7,9-10,12-15H2,1-3H3/t16-,17?,18+,25+/m0/s1. The van der Waals surface area contributed by atoms with Crippen LogP contribution >= 0.6 is 0 Å². The van der Waals surface area contributed by atoms with E-state index in [2.05, 4.69) is 4.90 Å². The predicted molar refractivity (Wildman–Crippen MR) is 130 cm³/mol. The molecule has 200 valence electrons. The number of hydrogen-bond donors (Lipinski definition) is 0. The Kier molecular flexibility index (Phi) is 7.11. The summed E-state index contributed by atoms with van der Waals surface area (Å²) in [7, 11) is 1.36. The topological polar surface area (TPSA) is 57.2 Å². The number of esters is 1. The van der Waals surface area contributed by atoms with Crippen LogP contribution in [0.25, 0.3) is 0 Å².